The smallest absolute Gasteiger partial charge is 0.0961 e. The van der Waals surface area contributed by atoms with Crippen LogP contribution < -0.4 is 0 Å². The van der Waals surface area contributed by atoms with Crippen LogP contribution >= 0.6 is 0 Å². The molecule has 2 nitrogen and oxygen atoms in total. The molecule has 25 heavy (non-hydrogen) atoms. The van der Waals surface area contributed by atoms with Crippen LogP contribution in [-0.4, -0.2) is 9.55 Å². The lowest BCUT2D eigenvalue weighted by atomic mass is 9.99. The summed E-state index contributed by atoms with van der Waals surface area (Å²) in [5, 5.41) is 0. The van der Waals surface area contributed by atoms with E-state index in [-0.39, 0.29) is 0 Å². The van der Waals surface area contributed by atoms with Gasteiger partial charge < -0.3 is 4.57 Å². The maximum Gasteiger partial charge on any atom is 0.0961 e. The van der Waals surface area contributed by atoms with Crippen LogP contribution in [-0.2, 0) is 6.54 Å². The molecule has 0 aliphatic heterocycles. The Morgan fingerprint density at radius 1 is 1.00 bits per heavy atom. The maximum absolute atomic E-state index is 4.47. The van der Waals surface area contributed by atoms with Crippen molar-refractivity contribution in [2.75, 3.05) is 0 Å². The Labute approximate surface area is 148 Å². The highest BCUT2D eigenvalue weighted by Crippen LogP contribution is 2.22. The van der Waals surface area contributed by atoms with Crippen molar-refractivity contribution < 1.29 is 0 Å². The molecule has 1 aromatic heterocycles. The molecule has 2 aromatic carbocycles. The van der Waals surface area contributed by atoms with E-state index in [1.165, 1.54) is 22.2 Å². The van der Waals surface area contributed by atoms with Crippen molar-refractivity contribution in [3.05, 3.63) is 84.2 Å². The Balaban J connectivity index is 1.55. The predicted octanol–water partition coefficient (Wildman–Crippen LogP) is 5.21. The number of para-hydroxylation sites is 2. The third-order valence-electron chi connectivity index (χ3n) is 4.50. The molecular formula is C23H20N2. The van der Waals surface area contributed by atoms with E-state index in [0.717, 1.165) is 31.3 Å². The Morgan fingerprint density at radius 2 is 1.88 bits per heavy atom. The highest BCUT2D eigenvalue weighted by atomic mass is 15.0. The lowest BCUT2D eigenvalue weighted by Crippen LogP contribution is -1.98. The Kier molecular flexibility index (Phi) is 4.48. The zero-order valence-electron chi connectivity index (χ0n) is 14.2. The highest BCUT2D eigenvalue weighted by Gasteiger charge is 2.04. The summed E-state index contributed by atoms with van der Waals surface area (Å²) in [6.45, 7) is 0.839. The van der Waals surface area contributed by atoms with Crippen molar-refractivity contribution in [2.45, 2.75) is 25.8 Å². The van der Waals surface area contributed by atoms with Gasteiger partial charge in [-0.3, -0.25) is 0 Å². The normalized spacial score (nSPS) is 17.5. The van der Waals surface area contributed by atoms with Crippen LogP contribution in [0.25, 0.3) is 16.6 Å². The predicted molar refractivity (Wildman–Crippen MR) is 104 cm³/mol. The van der Waals surface area contributed by atoms with Gasteiger partial charge in [0.05, 0.1) is 17.4 Å². The van der Waals surface area contributed by atoms with Crippen LogP contribution in [0.3, 0.4) is 0 Å². The highest BCUT2D eigenvalue weighted by molar-refractivity contribution is 5.75. The van der Waals surface area contributed by atoms with Gasteiger partial charge in [-0.05, 0) is 35.3 Å². The zero-order chi connectivity index (χ0) is 16.9. The summed E-state index contributed by atoms with van der Waals surface area (Å²) in [6.07, 6.45) is 11.2. The molecule has 0 bridgehead atoms. The number of hydrogen-bond donors (Lipinski definition) is 0. The maximum atomic E-state index is 4.47. The molecule has 0 atom stereocenters. The van der Waals surface area contributed by atoms with Gasteiger partial charge in [-0.25, -0.2) is 4.98 Å². The number of aromatic nitrogens is 2. The first-order valence-corrected chi connectivity index (χ1v) is 8.71. The van der Waals surface area contributed by atoms with E-state index in [4.69, 9.17) is 0 Å². The average Bonchev–Trinajstić information content (AvgIpc) is 3.11. The number of fused-ring (bicyclic) bond motifs is 1. The summed E-state index contributed by atoms with van der Waals surface area (Å²) in [4.78, 5) is 4.47. The molecule has 4 rings (SSSR count). The van der Waals surface area contributed by atoms with E-state index in [1.807, 2.05) is 12.4 Å². The Bertz CT molecular complexity index is 992. The van der Waals surface area contributed by atoms with Crippen LogP contribution in [0.4, 0.5) is 0 Å². The van der Waals surface area contributed by atoms with Crippen LogP contribution in [0.15, 0.2) is 73.1 Å². The van der Waals surface area contributed by atoms with E-state index in [9.17, 15) is 0 Å². The van der Waals surface area contributed by atoms with Gasteiger partial charge in [0.2, 0.25) is 0 Å². The van der Waals surface area contributed by atoms with Gasteiger partial charge in [0, 0.05) is 19.4 Å². The molecule has 0 radical (unpaired) electrons. The number of benzene rings is 2. The molecule has 0 N–H and O–H groups in total. The largest absolute Gasteiger partial charge is 0.326 e. The van der Waals surface area contributed by atoms with Crippen molar-refractivity contribution in [1.29, 1.82) is 0 Å². The molecule has 0 saturated carbocycles. The first-order valence-electron chi connectivity index (χ1n) is 8.71. The van der Waals surface area contributed by atoms with Crippen molar-refractivity contribution in [1.82, 2.24) is 9.55 Å². The van der Waals surface area contributed by atoms with Gasteiger partial charge in [-0.15, -0.1) is 5.92 Å². The summed E-state index contributed by atoms with van der Waals surface area (Å²) in [5.74, 6) is 6.40. The second-order valence-corrected chi connectivity index (χ2v) is 6.24. The van der Waals surface area contributed by atoms with Crippen molar-refractivity contribution in [3.63, 3.8) is 0 Å². The van der Waals surface area contributed by atoms with Crippen molar-refractivity contribution in [2.24, 2.45) is 0 Å². The number of nitrogens with zero attached hydrogens (tertiary/aromatic N) is 2. The molecule has 1 heterocycles. The van der Waals surface area contributed by atoms with Gasteiger partial charge in [-0.1, -0.05) is 60.5 Å². The molecule has 1 aliphatic carbocycles. The van der Waals surface area contributed by atoms with E-state index >= 15 is 0 Å². The second kappa shape index (κ2) is 7.23. The van der Waals surface area contributed by atoms with Gasteiger partial charge >= 0.3 is 0 Å². The molecular weight excluding hydrogens is 304 g/mol. The summed E-state index contributed by atoms with van der Waals surface area (Å²) in [5.41, 5.74) is 6.14. The van der Waals surface area contributed by atoms with Crippen LogP contribution in [0.2, 0.25) is 0 Å². The molecule has 3 aromatic rings. The summed E-state index contributed by atoms with van der Waals surface area (Å²) in [7, 11) is 0. The fourth-order valence-corrected chi connectivity index (χ4v) is 3.15. The monoisotopic (exact) mass is 324 g/mol. The fourth-order valence-electron chi connectivity index (χ4n) is 3.15. The minimum absolute atomic E-state index is 0.839. The summed E-state index contributed by atoms with van der Waals surface area (Å²) >= 11 is 0. The van der Waals surface area contributed by atoms with Crippen LogP contribution in [0, 0.1) is 11.8 Å². The fraction of sp³-hybridized carbons (Fsp3) is 0.174. The van der Waals surface area contributed by atoms with Crippen LogP contribution in [0.1, 0.15) is 30.4 Å². The molecule has 0 amide bonds. The minimum Gasteiger partial charge on any atom is -0.326 e. The van der Waals surface area contributed by atoms with Gasteiger partial charge in [-0.2, -0.15) is 0 Å². The number of hydrogen-bond acceptors (Lipinski definition) is 1. The third-order valence-corrected chi connectivity index (χ3v) is 4.50. The van der Waals surface area contributed by atoms with Crippen molar-refractivity contribution >= 4 is 16.6 Å². The quantitative estimate of drug-likeness (QED) is 0.605. The van der Waals surface area contributed by atoms with E-state index < -0.39 is 0 Å². The SMILES string of the molecule is C1#CCC/C(c2ccc(Cn3cnc4ccccc43)cc2)=C\C=C/C1. The average molecular weight is 324 g/mol. The third kappa shape index (κ3) is 3.56. The molecule has 122 valence electrons. The first-order chi connectivity index (χ1) is 12.4. The molecule has 0 fully saturated rings. The molecule has 0 spiro atoms. The summed E-state index contributed by atoms with van der Waals surface area (Å²) in [6, 6.07) is 17.1. The second-order valence-electron chi connectivity index (χ2n) is 6.24. The number of allylic oxidation sites excluding steroid dienone is 4. The van der Waals surface area contributed by atoms with Crippen molar-refractivity contribution in [3.8, 4) is 11.8 Å². The first kappa shape index (κ1) is 15.5. The van der Waals surface area contributed by atoms with Gasteiger partial charge in [0.25, 0.3) is 0 Å². The summed E-state index contributed by atoms with van der Waals surface area (Å²) < 4.78 is 2.20. The Morgan fingerprint density at radius 3 is 2.80 bits per heavy atom. The standard InChI is InChI=1S/C23H20N2/c1-2-4-6-10-20(9-5-3-1)21-15-13-19(14-16-21)17-25-18-24-22-11-7-8-12-23(22)25/h3,5,7-9,11-16,18H,1,6,10,17H2/b5-3-,20-9+. The van der Waals surface area contributed by atoms with Crippen LogP contribution in [0.5, 0.6) is 0 Å². The van der Waals surface area contributed by atoms with Gasteiger partial charge in [0.15, 0.2) is 0 Å². The minimum atomic E-state index is 0.839. The molecule has 0 saturated heterocycles. The number of rotatable bonds is 3. The topological polar surface area (TPSA) is 17.8 Å². The number of imidazole rings is 1. The Hall–Kier alpha value is -3.05. The van der Waals surface area contributed by atoms with E-state index in [2.05, 4.69) is 82.1 Å². The van der Waals surface area contributed by atoms with Gasteiger partial charge in [0.1, 0.15) is 0 Å². The molecule has 2 heteroatoms. The van der Waals surface area contributed by atoms with E-state index in [0.29, 0.717) is 0 Å². The zero-order valence-corrected chi connectivity index (χ0v) is 14.2. The molecule has 0 unspecified atom stereocenters. The molecule has 1 aliphatic rings. The lowest BCUT2D eigenvalue weighted by Gasteiger charge is -2.08. The lowest BCUT2D eigenvalue weighted by molar-refractivity contribution is 0.824. The van der Waals surface area contributed by atoms with E-state index in [1.54, 1.807) is 0 Å².